The van der Waals surface area contributed by atoms with Crippen molar-refractivity contribution in [1.82, 2.24) is 15.3 Å². The summed E-state index contributed by atoms with van der Waals surface area (Å²) in [6.45, 7) is 4.50. The number of carbonyl (C=O) groups is 1. The molecule has 2 aromatic rings. The van der Waals surface area contributed by atoms with Crippen molar-refractivity contribution in [3.05, 3.63) is 52.9 Å². The van der Waals surface area contributed by atoms with E-state index in [0.717, 1.165) is 12.0 Å². The van der Waals surface area contributed by atoms with Gasteiger partial charge in [0.1, 0.15) is 11.5 Å². The van der Waals surface area contributed by atoms with Crippen LogP contribution in [0.15, 0.2) is 36.7 Å². The summed E-state index contributed by atoms with van der Waals surface area (Å²) in [4.78, 5) is 20.4. The van der Waals surface area contributed by atoms with Gasteiger partial charge in [-0.1, -0.05) is 36.7 Å². The van der Waals surface area contributed by atoms with Crippen molar-refractivity contribution in [3.63, 3.8) is 0 Å². The van der Waals surface area contributed by atoms with E-state index >= 15 is 0 Å². The molecule has 0 bridgehead atoms. The number of nitrogens with one attached hydrogen (secondary N) is 2. The molecule has 116 valence electrons. The van der Waals surface area contributed by atoms with Crippen molar-refractivity contribution >= 4 is 23.3 Å². The molecular formula is C16H19ClN4O. The van der Waals surface area contributed by atoms with Crippen LogP contribution in [0.2, 0.25) is 5.02 Å². The van der Waals surface area contributed by atoms with Crippen LogP contribution < -0.4 is 10.6 Å². The molecule has 1 atom stereocenters. The second-order valence-corrected chi connectivity index (χ2v) is 5.42. The van der Waals surface area contributed by atoms with Crippen LogP contribution in [0.1, 0.15) is 36.3 Å². The van der Waals surface area contributed by atoms with E-state index in [0.29, 0.717) is 23.4 Å². The Morgan fingerprint density at radius 2 is 2.05 bits per heavy atom. The molecule has 1 heterocycles. The maximum Gasteiger partial charge on any atom is 0.271 e. The summed E-state index contributed by atoms with van der Waals surface area (Å²) in [6, 6.07) is 7.70. The Bertz CT molecular complexity index is 630. The van der Waals surface area contributed by atoms with Crippen LogP contribution in [0.25, 0.3) is 0 Å². The first-order chi connectivity index (χ1) is 10.6. The van der Waals surface area contributed by atoms with Gasteiger partial charge < -0.3 is 10.6 Å². The van der Waals surface area contributed by atoms with Gasteiger partial charge in [-0.15, -0.1) is 0 Å². The lowest BCUT2D eigenvalue weighted by Crippen LogP contribution is -2.24. The lowest BCUT2D eigenvalue weighted by molar-refractivity contribution is 0.0945. The zero-order valence-electron chi connectivity index (χ0n) is 12.6. The fourth-order valence-electron chi connectivity index (χ4n) is 1.78. The van der Waals surface area contributed by atoms with Crippen LogP contribution in [-0.4, -0.2) is 21.9 Å². The summed E-state index contributed by atoms with van der Waals surface area (Å²) in [5.74, 6) is 0.388. The highest BCUT2D eigenvalue weighted by molar-refractivity contribution is 6.31. The summed E-state index contributed by atoms with van der Waals surface area (Å²) in [7, 11) is 0. The highest BCUT2D eigenvalue weighted by Crippen LogP contribution is 2.14. The number of rotatable bonds is 6. The molecule has 0 spiro atoms. The number of nitrogens with zero attached hydrogens (tertiary/aromatic N) is 2. The monoisotopic (exact) mass is 318 g/mol. The number of benzene rings is 1. The van der Waals surface area contributed by atoms with Gasteiger partial charge in [-0.3, -0.25) is 4.79 Å². The standard InChI is InChI=1S/C16H19ClN4O/c1-3-11(2)21-15-10-18-14(9-19-15)16(22)20-8-12-6-4-5-7-13(12)17/h4-7,9-11H,3,8H2,1-2H3,(H,19,21)(H,20,22). The third kappa shape index (κ3) is 4.43. The number of hydrogen-bond donors (Lipinski definition) is 2. The second-order valence-electron chi connectivity index (χ2n) is 5.01. The zero-order valence-corrected chi connectivity index (χ0v) is 13.4. The van der Waals surface area contributed by atoms with Gasteiger partial charge in [-0.2, -0.15) is 0 Å². The molecule has 2 N–H and O–H groups in total. The molecule has 1 unspecified atom stereocenters. The first-order valence-corrected chi connectivity index (χ1v) is 7.58. The quantitative estimate of drug-likeness (QED) is 0.858. The van der Waals surface area contributed by atoms with E-state index in [9.17, 15) is 4.79 Å². The molecule has 0 aliphatic carbocycles. The predicted octanol–water partition coefficient (Wildman–Crippen LogP) is 3.27. The van der Waals surface area contributed by atoms with E-state index in [1.165, 1.54) is 6.20 Å². The van der Waals surface area contributed by atoms with E-state index in [4.69, 9.17) is 11.6 Å². The average Bonchev–Trinajstić information content (AvgIpc) is 2.54. The average molecular weight is 319 g/mol. The van der Waals surface area contributed by atoms with Crippen LogP contribution in [0.5, 0.6) is 0 Å². The maximum atomic E-state index is 12.0. The largest absolute Gasteiger partial charge is 0.366 e. The van der Waals surface area contributed by atoms with Gasteiger partial charge in [0.2, 0.25) is 0 Å². The Balaban J connectivity index is 1.94. The highest BCUT2D eigenvalue weighted by Gasteiger charge is 2.09. The molecule has 0 saturated heterocycles. The van der Waals surface area contributed by atoms with Gasteiger partial charge in [0.15, 0.2) is 0 Å². The molecule has 0 saturated carbocycles. The van der Waals surface area contributed by atoms with Crippen molar-refractivity contribution in [2.45, 2.75) is 32.9 Å². The van der Waals surface area contributed by atoms with Gasteiger partial charge in [0, 0.05) is 17.6 Å². The van der Waals surface area contributed by atoms with Gasteiger partial charge in [0.25, 0.3) is 5.91 Å². The third-order valence-corrected chi connectivity index (χ3v) is 3.66. The topological polar surface area (TPSA) is 66.9 Å². The normalized spacial score (nSPS) is 11.8. The van der Waals surface area contributed by atoms with Crippen molar-refractivity contribution < 1.29 is 4.79 Å². The number of carbonyl (C=O) groups excluding carboxylic acids is 1. The summed E-state index contributed by atoms with van der Waals surface area (Å²) < 4.78 is 0. The van der Waals surface area contributed by atoms with E-state index in [2.05, 4.69) is 34.4 Å². The smallest absolute Gasteiger partial charge is 0.271 e. The molecule has 0 fully saturated rings. The molecule has 1 aromatic carbocycles. The summed E-state index contributed by atoms with van der Waals surface area (Å²) in [5, 5.41) is 6.61. The van der Waals surface area contributed by atoms with E-state index < -0.39 is 0 Å². The molecule has 6 heteroatoms. The molecule has 5 nitrogen and oxygen atoms in total. The van der Waals surface area contributed by atoms with Crippen molar-refractivity contribution in [2.24, 2.45) is 0 Å². The van der Waals surface area contributed by atoms with Crippen LogP contribution in [0.4, 0.5) is 5.82 Å². The van der Waals surface area contributed by atoms with E-state index in [-0.39, 0.29) is 11.6 Å². The minimum absolute atomic E-state index is 0.275. The lowest BCUT2D eigenvalue weighted by Gasteiger charge is -2.11. The SMILES string of the molecule is CCC(C)Nc1cnc(C(=O)NCc2ccccc2Cl)cn1. The minimum atomic E-state index is -0.275. The summed E-state index contributed by atoms with van der Waals surface area (Å²) >= 11 is 6.05. The first-order valence-electron chi connectivity index (χ1n) is 7.20. The molecule has 22 heavy (non-hydrogen) atoms. The summed E-state index contributed by atoms with van der Waals surface area (Å²) in [6.07, 6.45) is 4.02. The van der Waals surface area contributed by atoms with Gasteiger partial charge in [0.05, 0.1) is 12.4 Å². The maximum absolute atomic E-state index is 12.0. The van der Waals surface area contributed by atoms with Crippen molar-refractivity contribution in [1.29, 1.82) is 0 Å². The van der Waals surface area contributed by atoms with Crippen LogP contribution in [0, 0.1) is 0 Å². The lowest BCUT2D eigenvalue weighted by atomic mass is 10.2. The number of halogens is 1. The molecule has 1 amide bonds. The predicted molar refractivity (Wildman–Crippen MR) is 88.0 cm³/mol. The number of aromatic nitrogens is 2. The second kappa shape index (κ2) is 7.75. The van der Waals surface area contributed by atoms with E-state index in [1.54, 1.807) is 12.3 Å². The molecule has 0 radical (unpaired) electrons. The first kappa shape index (κ1) is 16.2. The Labute approximate surface area is 135 Å². The number of amides is 1. The van der Waals surface area contributed by atoms with Gasteiger partial charge in [-0.25, -0.2) is 9.97 Å². The highest BCUT2D eigenvalue weighted by atomic mass is 35.5. The van der Waals surface area contributed by atoms with Gasteiger partial charge in [-0.05, 0) is 25.0 Å². The van der Waals surface area contributed by atoms with Crippen LogP contribution >= 0.6 is 11.6 Å². The van der Waals surface area contributed by atoms with E-state index in [1.807, 2.05) is 18.2 Å². The van der Waals surface area contributed by atoms with Crippen LogP contribution in [-0.2, 0) is 6.54 Å². The summed E-state index contributed by atoms with van der Waals surface area (Å²) in [5.41, 5.74) is 1.14. The van der Waals surface area contributed by atoms with Crippen molar-refractivity contribution in [2.75, 3.05) is 5.32 Å². The Hall–Kier alpha value is -2.14. The van der Waals surface area contributed by atoms with Crippen LogP contribution in [0.3, 0.4) is 0 Å². The number of hydrogen-bond acceptors (Lipinski definition) is 4. The third-order valence-electron chi connectivity index (χ3n) is 3.29. The zero-order chi connectivity index (χ0) is 15.9. The fourth-order valence-corrected chi connectivity index (χ4v) is 1.98. The minimum Gasteiger partial charge on any atom is -0.366 e. The van der Waals surface area contributed by atoms with Crippen molar-refractivity contribution in [3.8, 4) is 0 Å². The molecule has 1 aromatic heterocycles. The molecule has 0 aliphatic rings. The Morgan fingerprint density at radius 1 is 1.27 bits per heavy atom. The Kier molecular flexibility index (Phi) is 5.72. The molecule has 0 aliphatic heterocycles. The Morgan fingerprint density at radius 3 is 2.68 bits per heavy atom. The molecular weight excluding hydrogens is 300 g/mol. The number of anilines is 1. The fraction of sp³-hybridized carbons (Fsp3) is 0.312. The molecule has 2 rings (SSSR count). The van der Waals surface area contributed by atoms with Gasteiger partial charge >= 0.3 is 0 Å².